The van der Waals surface area contributed by atoms with Crippen LogP contribution < -0.4 is 0 Å². The predicted octanol–water partition coefficient (Wildman–Crippen LogP) is 2.10. The van der Waals surface area contributed by atoms with E-state index in [4.69, 9.17) is 0 Å². The van der Waals surface area contributed by atoms with Gasteiger partial charge >= 0.3 is 0 Å². The minimum atomic E-state index is 0.0213. The zero-order valence-electron chi connectivity index (χ0n) is 11.8. The highest BCUT2D eigenvalue weighted by Gasteiger charge is 2.31. The van der Waals surface area contributed by atoms with Crippen molar-refractivity contribution in [2.75, 3.05) is 6.54 Å². The van der Waals surface area contributed by atoms with Crippen LogP contribution in [0.3, 0.4) is 0 Å². The molecule has 0 spiro atoms. The van der Waals surface area contributed by atoms with Gasteiger partial charge in [-0.2, -0.15) is 5.10 Å². The van der Waals surface area contributed by atoms with E-state index in [1.807, 2.05) is 37.1 Å². The second kappa shape index (κ2) is 5.07. The van der Waals surface area contributed by atoms with Crippen molar-refractivity contribution in [3.63, 3.8) is 0 Å². The molecule has 2 aromatic heterocycles. The summed E-state index contributed by atoms with van der Waals surface area (Å²) in [5, 5.41) is 4.30. The van der Waals surface area contributed by atoms with Crippen molar-refractivity contribution < 1.29 is 4.79 Å². The van der Waals surface area contributed by atoms with Crippen LogP contribution in [0.25, 0.3) is 0 Å². The maximum Gasteiger partial charge on any atom is 0.274 e. The molecule has 3 rings (SSSR count). The summed E-state index contributed by atoms with van der Waals surface area (Å²) in [5.41, 5.74) is 2.68. The van der Waals surface area contributed by atoms with E-state index in [-0.39, 0.29) is 11.9 Å². The van der Waals surface area contributed by atoms with Crippen LogP contribution in [-0.4, -0.2) is 32.1 Å². The molecule has 0 aromatic carbocycles. The molecular weight excluding hydrogens is 252 g/mol. The Morgan fingerprint density at radius 2 is 2.10 bits per heavy atom. The molecule has 3 heterocycles. The summed E-state index contributed by atoms with van der Waals surface area (Å²) in [6.45, 7) is 2.75. The maximum atomic E-state index is 12.6. The van der Waals surface area contributed by atoms with Gasteiger partial charge in [0.1, 0.15) is 0 Å². The first-order valence-corrected chi connectivity index (χ1v) is 6.88. The van der Waals surface area contributed by atoms with Crippen molar-refractivity contribution in [1.82, 2.24) is 19.7 Å². The molecule has 2 aromatic rings. The minimum absolute atomic E-state index is 0.0213. The highest BCUT2D eigenvalue weighted by atomic mass is 16.2. The van der Waals surface area contributed by atoms with E-state index >= 15 is 0 Å². The molecule has 1 unspecified atom stereocenters. The number of pyridine rings is 1. The predicted molar refractivity (Wildman–Crippen MR) is 75.2 cm³/mol. The van der Waals surface area contributed by atoms with Crippen molar-refractivity contribution in [2.45, 2.75) is 25.8 Å². The fraction of sp³-hybridized carbons (Fsp3) is 0.400. The second-order valence-electron chi connectivity index (χ2n) is 5.23. The number of nitrogens with zero attached hydrogens (tertiary/aromatic N) is 4. The van der Waals surface area contributed by atoms with Gasteiger partial charge in [-0.05, 0) is 43.5 Å². The monoisotopic (exact) mass is 270 g/mol. The van der Waals surface area contributed by atoms with Gasteiger partial charge in [-0.3, -0.25) is 14.5 Å². The SMILES string of the molecule is Cc1cc(C(=O)N2CCCC2c2ccncc2)nn1C. The van der Waals surface area contributed by atoms with Crippen LogP contribution in [0.2, 0.25) is 0 Å². The van der Waals surface area contributed by atoms with Crippen molar-refractivity contribution in [3.05, 3.63) is 47.5 Å². The molecular formula is C15H18N4O. The molecule has 1 aliphatic rings. The number of hydrogen-bond acceptors (Lipinski definition) is 3. The molecule has 5 nitrogen and oxygen atoms in total. The van der Waals surface area contributed by atoms with E-state index in [0.29, 0.717) is 5.69 Å². The third-order valence-electron chi connectivity index (χ3n) is 3.94. The number of likely N-dealkylation sites (tertiary alicyclic amines) is 1. The number of aryl methyl sites for hydroxylation is 2. The lowest BCUT2D eigenvalue weighted by atomic mass is 10.1. The van der Waals surface area contributed by atoms with E-state index in [1.165, 1.54) is 0 Å². The van der Waals surface area contributed by atoms with E-state index < -0.39 is 0 Å². The Kier molecular flexibility index (Phi) is 3.26. The lowest BCUT2D eigenvalue weighted by Gasteiger charge is -2.24. The van der Waals surface area contributed by atoms with E-state index in [0.717, 1.165) is 30.6 Å². The lowest BCUT2D eigenvalue weighted by Crippen LogP contribution is -2.31. The summed E-state index contributed by atoms with van der Waals surface area (Å²) in [7, 11) is 1.86. The lowest BCUT2D eigenvalue weighted by molar-refractivity contribution is 0.0729. The standard InChI is InChI=1S/C15H18N4O/c1-11-10-13(17-18(11)2)15(20)19-9-3-4-14(19)12-5-7-16-8-6-12/h5-8,10,14H,3-4,9H2,1-2H3. The summed E-state index contributed by atoms with van der Waals surface area (Å²) in [4.78, 5) is 18.6. The Morgan fingerprint density at radius 1 is 1.35 bits per heavy atom. The third kappa shape index (κ3) is 2.19. The minimum Gasteiger partial charge on any atom is -0.330 e. The van der Waals surface area contributed by atoms with Crippen molar-refractivity contribution in [3.8, 4) is 0 Å². The number of carbonyl (C=O) groups excluding carboxylic acids is 1. The van der Waals surface area contributed by atoms with Gasteiger partial charge in [0.05, 0.1) is 6.04 Å². The van der Waals surface area contributed by atoms with Crippen LogP contribution in [0.5, 0.6) is 0 Å². The maximum absolute atomic E-state index is 12.6. The quantitative estimate of drug-likeness (QED) is 0.839. The van der Waals surface area contributed by atoms with Crippen LogP contribution >= 0.6 is 0 Å². The summed E-state index contributed by atoms with van der Waals surface area (Å²) < 4.78 is 1.74. The summed E-state index contributed by atoms with van der Waals surface area (Å²) >= 11 is 0. The molecule has 104 valence electrons. The number of hydrogen-bond donors (Lipinski definition) is 0. The summed E-state index contributed by atoms with van der Waals surface area (Å²) in [6.07, 6.45) is 5.59. The summed E-state index contributed by atoms with van der Waals surface area (Å²) in [6, 6.07) is 5.97. The Bertz CT molecular complexity index is 601. The smallest absolute Gasteiger partial charge is 0.274 e. The number of rotatable bonds is 2. The first-order valence-electron chi connectivity index (χ1n) is 6.88. The zero-order chi connectivity index (χ0) is 14.1. The molecule has 1 atom stereocenters. The molecule has 5 heteroatoms. The Hall–Kier alpha value is -2.17. The van der Waals surface area contributed by atoms with Crippen molar-refractivity contribution in [2.24, 2.45) is 7.05 Å². The first kappa shape index (κ1) is 12.8. The molecule has 20 heavy (non-hydrogen) atoms. The fourth-order valence-electron chi connectivity index (χ4n) is 2.75. The third-order valence-corrected chi connectivity index (χ3v) is 3.94. The van der Waals surface area contributed by atoms with E-state index in [1.54, 1.807) is 17.1 Å². The zero-order valence-corrected chi connectivity index (χ0v) is 11.8. The van der Waals surface area contributed by atoms with Crippen LogP contribution in [0.15, 0.2) is 30.6 Å². The number of carbonyl (C=O) groups is 1. The van der Waals surface area contributed by atoms with Gasteiger partial charge in [0.25, 0.3) is 5.91 Å². The summed E-state index contributed by atoms with van der Waals surface area (Å²) in [5.74, 6) is 0.0213. The van der Waals surface area contributed by atoms with Gasteiger partial charge in [-0.1, -0.05) is 0 Å². The van der Waals surface area contributed by atoms with Gasteiger partial charge in [0, 0.05) is 31.7 Å². The molecule has 0 radical (unpaired) electrons. The van der Waals surface area contributed by atoms with Gasteiger partial charge in [-0.15, -0.1) is 0 Å². The van der Waals surface area contributed by atoms with Crippen LogP contribution in [0.4, 0.5) is 0 Å². The molecule has 0 aliphatic carbocycles. The number of aromatic nitrogens is 3. The normalized spacial score (nSPS) is 18.5. The van der Waals surface area contributed by atoms with Crippen LogP contribution in [0.1, 0.15) is 40.6 Å². The topological polar surface area (TPSA) is 51.0 Å². The number of amides is 1. The van der Waals surface area contributed by atoms with E-state index in [2.05, 4.69) is 10.1 Å². The highest BCUT2D eigenvalue weighted by Crippen LogP contribution is 2.32. The molecule has 0 bridgehead atoms. The Morgan fingerprint density at radius 3 is 2.75 bits per heavy atom. The highest BCUT2D eigenvalue weighted by molar-refractivity contribution is 5.92. The fourth-order valence-corrected chi connectivity index (χ4v) is 2.75. The molecule has 1 aliphatic heterocycles. The van der Waals surface area contributed by atoms with Crippen LogP contribution in [-0.2, 0) is 7.05 Å². The Balaban J connectivity index is 1.87. The van der Waals surface area contributed by atoms with E-state index in [9.17, 15) is 4.79 Å². The largest absolute Gasteiger partial charge is 0.330 e. The molecule has 0 saturated carbocycles. The van der Waals surface area contributed by atoms with Gasteiger partial charge in [0.15, 0.2) is 5.69 Å². The molecule has 0 N–H and O–H groups in total. The van der Waals surface area contributed by atoms with Crippen LogP contribution in [0, 0.1) is 6.92 Å². The molecule has 1 amide bonds. The second-order valence-corrected chi connectivity index (χ2v) is 5.23. The Labute approximate surface area is 118 Å². The first-order chi connectivity index (χ1) is 9.66. The average Bonchev–Trinajstić information content (AvgIpc) is 3.07. The molecule has 1 saturated heterocycles. The molecule has 1 fully saturated rings. The van der Waals surface area contributed by atoms with Gasteiger partial charge in [0.2, 0.25) is 0 Å². The van der Waals surface area contributed by atoms with Crippen molar-refractivity contribution >= 4 is 5.91 Å². The average molecular weight is 270 g/mol. The van der Waals surface area contributed by atoms with Crippen molar-refractivity contribution in [1.29, 1.82) is 0 Å². The van der Waals surface area contributed by atoms with Gasteiger partial charge in [-0.25, -0.2) is 0 Å². The van der Waals surface area contributed by atoms with Gasteiger partial charge < -0.3 is 4.90 Å².